The number of fused-ring (bicyclic) bond motifs is 1. The van der Waals surface area contributed by atoms with Gasteiger partial charge in [-0.05, 0) is 68.4 Å². The summed E-state index contributed by atoms with van der Waals surface area (Å²) in [4.78, 5) is 19.4. The summed E-state index contributed by atoms with van der Waals surface area (Å²) < 4.78 is 5.92. The number of amides is 1. The number of aryl methyl sites for hydroxylation is 2. The summed E-state index contributed by atoms with van der Waals surface area (Å²) in [7, 11) is 0. The number of hydrogen-bond donors (Lipinski definition) is 1. The zero-order valence-corrected chi connectivity index (χ0v) is 15.9. The Labute approximate surface area is 160 Å². The molecule has 1 N–H and O–H groups in total. The largest absolute Gasteiger partial charge is 0.480 e. The van der Waals surface area contributed by atoms with Crippen molar-refractivity contribution in [3.05, 3.63) is 53.2 Å². The van der Waals surface area contributed by atoms with E-state index < -0.39 is 6.10 Å². The maximum Gasteiger partial charge on any atom is 0.261 e. The van der Waals surface area contributed by atoms with Gasteiger partial charge in [0.05, 0.1) is 0 Å². The Morgan fingerprint density at radius 2 is 2.07 bits per heavy atom. The van der Waals surface area contributed by atoms with Crippen LogP contribution in [0, 0.1) is 6.92 Å². The van der Waals surface area contributed by atoms with Crippen molar-refractivity contribution < 1.29 is 9.53 Å². The number of aromatic nitrogens is 1. The fourth-order valence-electron chi connectivity index (χ4n) is 3.87. The highest BCUT2D eigenvalue weighted by atomic mass is 16.5. The van der Waals surface area contributed by atoms with Crippen molar-refractivity contribution in [3.8, 4) is 5.75 Å². The molecule has 27 heavy (non-hydrogen) atoms. The Balaban J connectivity index is 1.35. The normalized spacial score (nSPS) is 19.1. The number of nitrogens with zero attached hydrogens (tertiary/aromatic N) is 2. The molecule has 3 heterocycles. The number of pyridine rings is 1. The first-order valence-electron chi connectivity index (χ1n) is 9.93. The van der Waals surface area contributed by atoms with Gasteiger partial charge in [0, 0.05) is 25.8 Å². The predicted molar refractivity (Wildman–Crippen MR) is 106 cm³/mol. The van der Waals surface area contributed by atoms with E-state index in [9.17, 15) is 4.79 Å². The molecule has 1 amide bonds. The fourth-order valence-corrected chi connectivity index (χ4v) is 3.87. The van der Waals surface area contributed by atoms with Gasteiger partial charge in [0.15, 0.2) is 6.10 Å². The molecular weight excluding hydrogens is 338 g/mol. The number of hydrogen-bond acceptors (Lipinski definition) is 4. The van der Waals surface area contributed by atoms with Gasteiger partial charge in [-0.3, -0.25) is 4.79 Å². The van der Waals surface area contributed by atoms with Crippen LogP contribution in [-0.2, 0) is 17.8 Å². The van der Waals surface area contributed by atoms with E-state index in [0.717, 1.165) is 43.1 Å². The van der Waals surface area contributed by atoms with Crippen molar-refractivity contribution in [2.24, 2.45) is 0 Å². The number of carbonyl (C=O) groups is 1. The van der Waals surface area contributed by atoms with Crippen molar-refractivity contribution in [2.75, 3.05) is 18.0 Å². The average molecular weight is 365 g/mol. The van der Waals surface area contributed by atoms with Crippen LogP contribution in [0.15, 0.2) is 36.5 Å². The first-order valence-corrected chi connectivity index (χ1v) is 9.93. The van der Waals surface area contributed by atoms with E-state index in [0.29, 0.717) is 6.54 Å². The molecule has 1 aromatic heterocycles. The quantitative estimate of drug-likeness (QED) is 0.902. The maximum absolute atomic E-state index is 12.6. The lowest BCUT2D eigenvalue weighted by atomic mass is 10.00. The van der Waals surface area contributed by atoms with E-state index in [1.807, 2.05) is 24.4 Å². The van der Waals surface area contributed by atoms with Crippen LogP contribution < -0.4 is 15.0 Å². The molecule has 142 valence electrons. The summed E-state index contributed by atoms with van der Waals surface area (Å²) >= 11 is 0. The third kappa shape index (κ3) is 4.24. The Kier molecular flexibility index (Phi) is 5.28. The summed E-state index contributed by atoms with van der Waals surface area (Å²) in [6.45, 7) is 4.71. The predicted octanol–water partition coefficient (Wildman–Crippen LogP) is 3.39. The smallest absolute Gasteiger partial charge is 0.261 e. The highest BCUT2D eigenvalue weighted by Crippen LogP contribution is 2.28. The van der Waals surface area contributed by atoms with Crippen LogP contribution in [0.2, 0.25) is 0 Å². The van der Waals surface area contributed by atoms with Crippen LogP contribution in [-0.4, -0.2) is 30.1 Å². The molecule has 2 aliphatic rings. The van der Waals surface area contributed by atoms with Crippen LogP contribution in [0.4, 0.5) is 5.82 Å². The molecule has 0 radical (unpaired) electrons. The monoisotopic (exact) mass is 365 g/mol. The summed E-state index contributed by atoms with van der Waals surface area (Å²) in [6.07, 6.45) is 6.77. The van der Waals surface area contributed by atoms with Crippen molar-refractivity contribution in [3.63, 3.8) is 0 Å². The van der Waals surface area contributed by atoms with Crippen LogP contribution in [0.3, 0.4) is 0 Å². The standard InChI is InChI=1S/C22H27N3O2/c1-16-5-7-19-18(13-16)6-8-20(27-19)22(26)24-15-17-9-10-23-21(14-17)25-11-3-2-4-12-25/h5,7,9-10,13-14,20H,2-4,6,8,11-12,15H2,1H3,(H,24,26). The van der Waals surface area contributed by atoms with Crippen LogP contribution in [0.5, 0.6) is 5.75 Å². The SMILES string of the molecule is Cc1ccc2c(c1)CCC(C(=O)NCc1ccnc(N3CCCCC3)c1)O2. The second-order valence-electron chi connectivity index (χ2n) is 7.54. The van der Waals surface area contributed by atoms with Gasteiger partial charge in [-0.1, -0.05) is 17.7 Å². The number of piperidine rings is 1. The van der Waals surface area contributed by atoms with Gasteiger partial charge in [-0.25, -0.2) is 4.98 Å². The van der Waals surface area contributed by atoms with E-state index in [1.165, 1.54) is 30.4 Å². The van der Waals surface area contributed by atoms with Gasteiger partial charge >= 0.3 is 0 Å². The minimum Gasteiger partial charge on any atom is -0.480 e. The average Bonchev–Trinajstić information content (AvgIpc) is 2.72. The molecule has 1 saturated heterocycles. The van der Waals surface area contributed by atoms with Crippen LogP contribution in [0.25, 0.3) is 0 Å². The molecule has 0 aliphatic carbocycles. The van der Waals surface area contributed by atoms with Gasteiger partial charge in [0.25, 0.3) is 5.91 Å². The molecule has 1 unspecified atom stereocenters. The Bertz CT molecular complexity index is 815. The Morgan fingerprint density at radius 1 is 1.22 bits per heavy atom. The molecule has 1 atom stereocenters. The minimum absolute atomic E-state index is 0.0439. The molecule has 1 fully saturated rings. The minimum atomic E-state index is -0.413. The van der Waals surface area contributed by atoms with E-state index in [-0.39, 0.29) is 5.91 Å². The summed E-state index contributed by atoms with van der Waals surface area (Å²) in [5.74, 6) is 1.81. The first kappa shape index (κ1) is 17.8. The van der Waals surface area contributed by atoms with Crippen LogP contribution in [0.1, 0.15) is 42.4 Å². The van der Waals surface area contributed by atoms with E-state index in [4.69, 9.17) is 4.74 Å². The Hall–Kier alpha value is -2.56. The molecule has 4 rings (SSSR count). The third-order valence-electron chi connectivity index (χ3n) is 5.41. The van der Waals surface area contributed by atoms with Gasteiger partial charge < -0.3 is 15.0 Å². The lowest BCUT2D eigenvalue weighted by Gasteiger charge is -2.28. The zero-order valence-electron chi connectivity index (χ0n) is 15.9. The molecule has 5 nitrogen and oxygen atoms in total. The highest BCUT2D eigenvalue weighted by Gasteiger charge is 2.26. The van der Waals surface area contributed by atoms with Crippen molar-refractivity contribution in [1.29, 1.82) is 0 Å². The topological polar surface area (TPSA) is 54.5 Å². The zero-order chi connectivity index (χ0) is 18.6. The second kappa shape index (κ2) is 7.99. The van der Waals surface area contributed by atoms with E-state index in [1.54, 1.807) is 0 Å². The van der Waals surface area contributed by atoms with Gasteiger partial charge in [0.2, 0.25) is 0 Å². The van der Waals surface area contributed by atoms with E-state index >= 15 is 0 Å². The number of carbonyl (C=O) groups excluding carboxylic acids is 1. The fraction of sp³-hybridized carbons (Fsp3) is 0.455. The molecule has 2 aromatic rings. The van der Waals surface area contributed by atoms with Crippen LogP contribution >= 0.6 is 0 Å². The number of anilines is 1. The van der Waals surface area contributed by atoms with Crippen molar-refractivity contribution >= 4 is 11.7 Å². The molecule has 2 aliphatic heterocycles. The number of nitrogens with one attached hydrogen (secondary N) is 1. The van der Waals surface area contributed by atoms with Gasteiger partial charge in [-0.2, -0.15) is 0 Å². The lowest BCUT2D eigenvalue weighted by Crippen LogP contribution is -2.40. The number of rotatable bonds is 4. The van der Waals surface area contributed by atoms with Crippen molar-refractivity contribution in [1.82, 2.24) is 10.3 Å². The van der Waals surface area contributed by atoms with Gasteiger partial charge in [0.1, 0.15) is 11.6 Å². The summed E-state index contributed by atoms with van der Waals surface area (Å²) in [5.41, 5.74) is 3.49. The molecule has 0 saturated carbocycles. The summed E-state index contributed by atoms with van der Waals surface area (Å²) in [6, 6.07) is 10.2. The van der Waals surface area contributed by atoms with Gasteiger partial charge in [-0.15, -0.1) is 0 Å². The number of ether oxygens (including phenoxy) is 1. The van der Waals surface area contributed by atoms with Crippen molar-refractivity contribution in [2.45, 2.75) is 51.7 Å². The molecule has 0 spiro atoms. The van der Waals surface area contributed by atoms with E-state index in [2.05, 4.69) is 34.3 Å². The maximum atomic E-state index is 12.6. The highest BCUT2D eigenvalue weighted by molar-refractivity contribution is 5.81. The molecular formula is C22H27N3O2. The Morgan fingerprint density at radius 3 is 2.93 bits per heavy atom. The first-order chi connectivity index (χ1) is 13.2. The summed E-state index contributed by atoms with van der Waals surface area (Å²) in [5, 5.41) is 3.03. The lowest BCUT2D eigenvalue weighted by molar-refractivity contribution is -0.128. The molecule has 0 bridgehead atoms. The molecule has 5 heteroatoms. The third-order valence-corrected chi connectivity index (χ3v) is 5.41. The molecule has 1 aromatic carbocycles. The number of benzene rings is 1. The second-order valence-corrected chi connectivity index (χ2v) is 7.54.